The van der Waals surface area contributed by atoms with Gasteiger partial charge >= 0.3 is 0 Å². The maximum Gasteiger partial charge on any atom is 0.125 e. The molecule has 1 heterocycles. The van der Waals surface area contributed by atoms with Crippen molar-refractivity contribution in [2.45, 2.75) is 85.5 Å². The van der Waals surface area contributed by atoms with E-state index in [-0.39, 0.29) is 16.2 Å². The second-order valence-corrected chi connectivity index (χ2v) is 8.59. The van der Waals surface area contributed by atoms with Gasteiger partial charge in [0.1, 0.15) is 5.82 Å². The van der Waals surface area contributed by atoms with Gasteiger partial charge in [-0.15, -0.1) is 0 Å². The lowest BCUT2D eigenvalue weighted by atomic mass is 9.73. The van der Waals surface area contributed by atoms with Crippen molar-refractivity contribution in [3.63, 3.8) is 0 Å². The molecule has 0 aromatic carbocycles. The fourth-order valence-electron chi connectivity index (χ4n) is 2.37. The third-order valence-corrected chi connectivity index (χ3v) is 3.19. The van der Waals surface area contributed by atoms with Gasteiger partial charge in [-0.1, -0.05) is 62.3 Å². The molecule has 0 aliphatic heterocycles. The summed E-state index contributed by atoms with van der Waals surface area (Å²) in [6, 6.07) is 0. The lowest BCUT2D eigenvalue weighted by Gasteiger charge is -2.34. The van der Waals surface area contributed by atoms with Crippen molar-refractivity contribution in [1.82, 2.24) is 9.97 Å². The highest BCUT2D eigenvalue weighted by Crippen LogP contribution is 2.38. The monoisotopic (exact) mass is 262 g/mol. The molecule has 0 bridgehead atoms. The standard InChI is InChI=1S/C17H30N2/c1-11-18-13(16(5,6)7)12(15(2,3)4)14(19-11)17(8,9)10/h1-10H3. The molecule has 0 radical (unpaired) electrons. The van der Waals surface area contributed by atoms with Gasteiger partial charge in [-0.05, 0) is 12.3 Å². The van der Waals surface area contributed by atoms with E-state index in [4.69, 9.17) is 9.97 Å². The molecular formula is C17H30N2. The van der Waals surface area contributed by atoms with Gasteiger partial charge in [-0.25, -0.2) is 9.97 Å². The van der Waals surface area contributed by atoms with Crippen LogP contribution in [0.4, 0.5) is 0 Å². The van der Waals surface area contributed by atoms with Crippen LogP contribution in [0.5, 0.6) is 0 Å². The van der Waals surface area contributed by atoms with Gasteiger partial charge in [0.25, 0.3) is 0 Å². The van der Waals surface area contributed by atoms with Gasteiger partial charge in [0.2, 0.25) is 0 Å². The lowest BCUT2D eigenvalue weighted by molar-refractivity contribution is 0.469. The predicted molar refractivity (Wildman–Crippen MR) is 82.9 cm³/mol. The SMILES string of the molecule is Cc1nc(C(C)(C)C)c(C(C)(C)C)c(C(C)(C)C)n1. The van der Waals surface area contributed by atoms with Crippen molar-refractivity contribution >= 4 is 0 Å². The average molecular weight is 262 g/mol. The van der Waals surface area contributed by atoms with Crippen LogP contribution in [0.3, 0.4) is 0 Å². The Morgan fingerprint density at radius 3 is 1.11 bits per heavy atom. The Morgan fingerprint density at radius 2 is 0.895 bits per heavy atom. The molecule has 0 saturated carbocycles. The lowest BCUT2D eigenvalue weighted by Crippen LogP contribution is -2.31. The number of aryl methyl sites for hydroxylation is 1. The molecule has 0 atom stereocenters. The van der Waals surface area contributed by atoms with E-state index < -0.39 is 0 Å². The third kappa shape index (κ3) is 3.55. The van der Waals surface area contributed by atoms with Crippen molar-refractivity contribution in [3.8, 4) is 0 Å². The van der Waals surface area contributed by atoms with Crippen molar-refractivity contribution in [2.75, 3.05) is 0 Å². The quantitative estimate of drug-likeness (QED) is 0.678. The Labute approximate surface area is 119 Å². The van der Waals surface area contributed by atoms with E-state index >= 15 is 0 Å². The Morgan fingerprint density at radius 1 is 0.579 bits per heavy atom. The molecule has 0 N–H and O–H groups in total. The highest BCUT2D eigenvalue weighted by atomic mass is 14.9. The molecule has 0 aliphatic carbocycles. The van der Waals surface area contributed by atoms with Crippen LogP contribution in [0.15, 0.2) is 0 Å². The zero-order chi connectivity index (χ0) is 15.2. The van der Waals surface area contributed by atoms with E-state index in [1.807, 2.05) is 6.92 Å². The van der Waals surface area contributed by atoms with Gasteiger partial charge in [0.05, 0.1) is 11.4 Å². The second kappa shape index (κ2) is 4.57. The molecule has 1 aromatic rings. The molecule has 0 amide bonds. The van der Waals surface area contributed by atoms with E-state index in [1.54, 1.807) is 0 Å². The van der Waals surface area contributed by atoms with Crippen LogP contribution in [0.1, 0.15) is 85.1 Å². The normalized spacial score (nSPS) is 13.8. The molecular weight excluding hydrogens is 232 g/mol. The largest absolute Gasteiger partial charge is 0.237 e. The van der Waals surface area contributed by atoms with Gasteiger partial charge in [-0.3, -0.25) is 0 Å². The highest BCUT2D eigenvalue weighted by Gasteiger charge is 2.34. The molecule has 0 fully saturated rings. The fourth-order valence-corrected chi connectivity index (χ4v) is 2.37. The molecule has 108 valence electrons. The number of hydrogen-bond donors (Lipinski definition) is 0. The highest BCUT2D eigenvalue weighted by molar-refractivity contribution is 5.39. The first-order chi connectivity index (χ1) is 8.24. The first-order valence-corrected chi connectivity index (χ1v) is 7.14. The molecule has 0 unspecified atom stereocenters. The van der Waals surface area contributed by atoms with Gasteiger partial charge in [0.15, 0.2) is 0 Å². The van der Waals surface area contributed by atoms with E-state index in [9.17, 15) is 0 Å². The smallest absolute Gasteiger partial charge is 0.125 e. The van der Waals surface area contributed by atoms with Crippen LogP contribution in [-0.2, 0) is 16.2 Å². The maximum absolute atomic E-state index is 4.77. The molecule has 0 aliphatic rings. The van der Waals surface area contributed by atoms with Crippen LogP contribution >= 0.6 is 0 Å². The summed E-state index contributed by atoms with van der Waals surface area (Å²) in [4.78, 5) is 9.55. The number of rotatable bonds is 0. The Hall–Kier alpha value is -0.920. The Bertz CT molecular complexity index is 431. The van der Waals surface area contributed by atoms with Crippen molar-refractivity contribution in [2.24, 2.45) is 0 Å². The predicted octanol–water partition coefficient (Wildman–Crippen LogP) is 4.68. The van der Waals surface area contributed by atoms with Crippen molar-refractivity contribution in [3.05, 3.63) is 22.8 Å². The first kappa shape index (κ1) is 16.1. The summed E-state index contributed by atoms with van der Waals surface area (Å²) < 4.78 is 0. The van der Waals surface area contributed by atoms with E-state index in [0.717, 1.165) is 5.82 Å². The average Bonchev–Trinajstić information content (AvgIpc) is 2.11. The first-order valence-electron chi connectivity index (χ1n) is 7.14. The van der Waals surface area contributed by atoms with E-state index in [2.05, 4.69) is 62.3 Å². The molecule has 0 saturated heterocycles. The molecule has 19 heavy (non-hydrogen) atoms. The fraction of sp³-hybridized carbons (Fsp3) is 0.765. The van der Waals surface area contributed by atoms with Gasteiger partial charge < -0.3 is 0 Å². The third-order valence-electron chi connectivity index (χ3n) is 3.19. The molecule has 2 nitrogen and oxygen atoms in total. The molecule has 1 aromatic heterocycles. The van der Waals surface area contributed by atoms with Crippen LogP contribution in [0.25, 0.3) is 0 Å². The van der Waals surface area contributed by atoms with Crippen LogP contribution in [0.2, 0.25) is 0 Å². The summed E-state index contributed by atoms with van der Waals surface area (Å²) in [6.45, 7) is 22.2. The van der Waals surface area contributed by atoms with Crippen LogP contribution in [-0.4, -0.2) is 9.97 Å². The van der Waals surface area contributed by atoms with Crippen LogP contribution < -0.4 is 0 Å². The second-order valence-electron chi connectivity index (χ2n) is 8.59. The van der Waals surface area contributed by atoms with Crippen LogP contribution in [0, 0.1) is 6.92 Å². The van der Waals surface area contributed by atoms with E-state index in [1.165, 1.54) is 17.0 Å². The minimum atomic E-state index is 0.0380. The van der Waals surface area contributed by atoms with E-state index in [0.29, 0.717) is 0 Å². The summed E-state index contributed by atoms with van der Waals surface area (Å²) >= 11 is 0. The molecule has 2 heteroatoms. The number of nitrogens with zero attached hydrogens (tertiary/aromatic N) is 2. The number of aromatic nitrogens is 2. The summed E-state index contributed by atoms with van der Waals surface area (Å²) in [7, 11) is 0. The Kier molecular flexibility index (Phi) is 3.88. The Balaban J connectivity index is 3.80. The minimum absolute atomic E-state index is 0.0380. The topological polar surface area (TPSA) is 25.8 Å². The maximum atomic E-state index is 4.77. The summed E-state index contributed by atoms with van der Waals surface area (Å²) in [5.41, 5.74) is 3.83. The number of hydrogen-bond acceptors (Lipinski definition) is 2. The van der Waals surface area contributed by atoms with Gasteiger partial charge in [-0.2, -0.15) is 0 Å². The van der Waals surface area contributed by atoms with Crippen molar-refractivity contribution < 1.29 is 0 Å². The zero-order valence-corrected chi connectivity index (χ0v) is 14.4. The summed E-state index contributed by atoms with van der Waals surface area (Å²) in [6.07, 6.45) is 0. The molecule has 1 rings (SSSR count). The summed E-state index contributed by atoms with van der Waals surface area (Å²) in [5.74, 6) is 0.878. The van der Waals surface area contributed by atoms with Gasteiger partial charge in [0, 0.05) is 16.4 Å². The summed E-state index contributed by atoms with van der Waals surface area (Å²) in [5, 5.41) is 0. The molecule has 0 spiro atoms. The zero-order valence-electron chi connectivity index (χ0n) is 14.4. The minimum Gasteiger partial charge on any atom is -0.237 e. The van der Waals surface area contributed by atoms with Crippen molar-refractivity contribution in [1.29, 1.82) is 0 Å².